The molecule has 0 N–H and O–H groups in total. The van der Waals surface area contributed by atoms with E-state index < -0.39 is 0 Å². The Bertz CT molecular complexity index is 1980. The number of aromatic nitrogens is 1. The van der Waals surface area contributed by atoms with Gasteiger partial charge >= 0.3 is 0 Å². The number of nitrogens with zero attached hydrogens (tertiary/aromatic N) is 2. The Labute approximate surface area is 250 Å². The molecule has 9 rings (SSSR count). The van der Waals surface area contributed by atoms with Crippen molar-refractivity contribution >= 4 is 45.4 Å². The molecular weight excluding hydrogens is 507 g/mol. The van der Waals surface area contributed by atoms with Gasteiger partial charge in [-0.3, -0.25) is 0 Å². The minimum absolute atomic E-state index is 0.0522. The molecule has 1 saturated carbocycles. The van der Waals surface area contributed by atoms with Gasteiger partial charge in [0.25, 0.3) is 6.71 Å². The average Bonchev–Trinajstić information content (AvgIpc) is 3.45. The van der Waals surface area contributed by atoms with E-state index in [2.05, 4.69) is 130 Å². The smallest absolute Gasteiger partial charge is 0.252 e. The Morgan fingerprint density at radius 3 is 2.33 bits per heavy atom. The maximum absolute atomic E-state index is 2.85. The van der Waals surface area contributed by atoms with Crippen LogP contribution in [0.4, 0.5) is 11.4 Å². The standard InChI is InChI=1S/C39H39BN2/c1-24-19-32-34-33(20-24)42-36-28(38(5)17-10-11-18-39(38,42)6)22-27(37(2,3)4)23-30(36)40(34)29-16-12-15-26-21-31(41(32)35(26)29)25-13-8-7-9-14-25/h7-9,12-16,19-23H,10-11,17-18H2,1-6H3. The topological polar surface area (TPSA) is 8.17 Å². The number of rotatable bonds is 1. The van der Waals surface area contributed by atoms with E-state index in [4.69, 9.17) is 0 Å². The van der Waals surface area contributed by atoms with Crippen LogP contribution in [0.25, 0.3) is 27.8 Å². The summed E-state index contributed by atoms with van der Waals surface area (Å²) in [5.74, 6) is 0. The fourth-order valence-corrected chi connectivity index (χ4v) is 9.38. The zero-order chi connectivity index (χ0) is 28.8. The highest BCUT2D eigenvalue weighted by atomic mass is 15.3. The van der Waals surface area contributed by atoms with E-state index in [1.807, 2.05) is 0 Å². The summed E-state index contributed by atoms with van der Waals surface area (Å²) < 4.78 is 2.60. The lowest BCUT2D eigenvalue weighted by Gasteiger charge is -2.52. The molecule has 42 heavy (non-hydrogen) atoms. The first kappa shape index (κ1) is 24.8. The quantitative estimate of drug-likeness (QED) is 0.191. The van der Waals surface area contributed by atoms with Crippen LogP contribution in [0.5, 0.6) is 0 Å². The normalized spacial score (nSPS) is 23.2. The lowest BCUT2D eigenvalue weighted by molar-refractivity contribution is 0.195. The summed E-state index contributed by atoms with van der Waals surface area (Å²) in [4.78, 5) is 2.85. The van der Waals surface area contributed by atoms with Crippen LogP contribution in [0, 0.1) is 6.92 Å². The highest BCUT2D eigenvalue weighted by Crippen LogP contribution is 2.61. The lowest BCUT2D eigenvalue weighted by atomic mass is 9.33. The largest absolute Gasteiger partial charge is 0.335 e. The SMILES string of the molecule is Cc1cc2c3c(c1)-n1c(-c4ccccc4)cc4cccc(c41)B3c1cc(C(C)(C)C)cc3c1N2C1(C)CCCCC31C. The molecule has 3 aliphatic heterocycles. The van der Waals surface area contributed by atoms with Crippen molar-refractivity contribution in [1.29, 1.82) is 0 Å². The second kappa shape index (κ2) is 7.81. The van der Waals surface area contributed by atoms with Crippen molar-refractivity contribution in [1.82, 2.24) is 4.57 Å². The first-order valence-electron chi connectivity index (χ1n) is 16.0. The van der Waals surface area contributed by atoms with E-state index in [1.54, 1.807) is 5.56 Å². The summed E-state index contributed by atoms with van der Waals surface area (Å²) in [6.45, 7) is 14.9. The third-order valence-corrected chi connectivity index (χ3v) is 11.7. The van der Waals surface area contributed by atoms with Gasteiger partial charge in [0.15, 0.2) is 0 Å². The molecule has 5 aromatic rings. The molecule has 4 heterocycles. The van der Waals surface area contributed by atoms with Crippen LogP contribution in [0.3, 0.4) is 0 Å². The maximum atomic E-state index is 2.85. The zero-order valence-electron chi connectivity index (χ0n) is 25.8. The molecule has 4 aliphatic rings. The molecule has 0 amide bonds. The molecule has 4 aromatic carbocycles. The summed E-state index contributed by atoms with van der Waals surface area (Å²) in [5.41, 5.74) is 17.4. The predicted molar refractivity (Wildman–Crippen MR) is 180 cm³/mol. The van der Waals surface area contributed by atoms with Gasteiger partial charge in [-0.1, -0.05) is 101 Å². The monoisotopic (exact) mass is 546 g/mol. The second-order valence-electron chi connectivity index (χ2n) is 15.0. The molecule has 0 radical (unpaired) electrons. The minimum Gasteiger partial charge on any atom is -0.335 e. The molecule has 2 atom stereocenters. The third kappa shape index (κ3) is 2.83. The molecule has 1 fully saturated rings. The fraction of sp³-hybridized carbons (Fsp3) is 0.333. The van der Waals surface area contributed by atoms with E-state index in [1.165, 1.54) is 92.4 Å². The van der Waals surface area contributed by atoms with Crippen molar-refractivity contribution in [3.63, 3.8) is 0 Å². The van der Waals surface area contributed by atoms with Gasteiger partial charge in [0.1, 0.15) is 0 Å². The highest BCUT2D eigenvalue weighted by Gasteiger charge is 2.61. The molecule has 0 saturated heterocycles. The van der Waals surface area contributed by atoms with E-state index in [0.717, 1.165) is 0 Å². The number of fused-ring (bicyclic) bond motifs is 7. The summed E-state index contributed by atoms with van der Waals surface area (Å²) in [7, 11) is 0. The molecule has 2 unspecified atom stereocenters. The Hall–Kier alpha value is -3.72. The number of aryl methyl sites for hydroxylation is 1. The van der Waals surface area contributed by atoms with Crippen LogP contribution in [0.2, 0.25) is 0 Å². The first-order valence-corrected chi connectivity index (χ1v) is 16.0. The van der Waals surface area contributed by atoms with E-state index in [-0.39, 0.29) is 23.1 Å². The van der Waals surface area contributed by atoms with Gasteiger partial charge in [-0.2, -0.15) is 0 Å². The summed E-state index contributed by atoms with van der Waals surface area (Å²) >= 11 is 0. The minimum atomic E-state index is 0.0522. The Morgan fingerprint density at radius 2 is 1.55 bits per heavy atom. The Morgan fingerprint density at radius 1 is 0.786 bits per heavy atom. The van der Waals surface area contributed by atoms with Crippen molar-refractivity contribution in [3.05, 3.63) is 95.6 Å². The number of benzene rings is 4. The van der Waals surface area contributed by atoms with Crippen LogP contribution in [0.1, 0.15) is 77.0 Å². The van der Waals surface area contributed by atoms with E-state index >= 15 is 0 Å². The summed E-state index contributed by atoms with van der Waals surface area (Å²) in [5, 5.41) is 1.33. The number of hydrogen-bond acceptors (Lipinski definition) is 1. The van der Waals surface area contributed by atoms with Crippen LogP contribution in [0.15, 0.2) is 78.9 Å². The summed E-state index contributed by atoms with van der Waals surface area (Å²) in [6.07, 6.45) is 5.10. The zero-order valence-corrected chi connectivity index (χ0v) is 25.8. The first-order chi connectivity index (χ1) is 20.1. The maximum Gasteiger partial charge on any atom is 0.252 e. The second-order valence-corrected chi connectivity index (χ2v) is 15.0. The Balaban J connectivity index is 1.46. The van der Waals surface area contributed by atoms with E-state index in [0.29, 0.717) is 0 Å². The average molecular weight is 547 g/mol. The van der Waals surface area contributed by atoms with Crippen LogP contribution in [-0.4, -0.2) is 16.8 Å². The predicted octanol–water partition coefficient (Wildman–Crippen LogP) is 7.79. The van der Waals surface area contributed by atoms with Crippen LogP contribution in [-0.2, 0) is 10.8 Å². The van der Waals surface area contributed by atoms with Gasteiger partial charge in [0.05, 0.1) is 11.2 Å². The molecule has 208 valence electrons. The van der Waals surface area contributed by atoms with Gasteiger partial charge in [-0.25, -0.2) is 0 Å². The number of para-hydroxylation sites is 1. The molecule has 0 spiro atoms. The summed E-state index contributed by atoms with van der Waals surface area (Å²) in [6, 6.07) is 30.6. The molecule has 1 aromatic heterocycles. The molecule has 3 heteroatoms. The highest BCUT2D eigenvalue weighted by molar-refractivity contribution is 7.00. The third-order valence-electron chi connectivity index (χ3n) is 11.7. The van der Waals surface area contributed by atoms with Crippen molar-refractivity contribution < 1.29 is 0 Å². The van der Waals surface area contributed by atoms with Crippen LogP contribution >= 0.6 is 0 Å². The number of hydrogen-bond donors (Lipinski definition) is 0. The Kier molecular flexibility index (Phi) is 4.62. The van der Waals surface area contributed by atoms with Crippen molar-refractivity contribution in [3.8, 4) is 16.9 Å². The van der Waals surface area contributed by atoms with Gasteiger partial charge in [0.2, 0.25) is 0 Å². The molecule has 2 nitrogen and oxygen atoms in total. The van der Waals surface area contributed by atoms with E-state index in [9.17, 15) is 0 Å². The van der Waals surface area contributed by atoms with Crippen molar-refractivity contribution in [2.45, 2.75) is 83.6 Å². The fourth-order valence-electron chi connectivity index (χ4n) is 9.38. The molecular formula is C39H39BN2. The van der Waals surface area contributed by atoms with Crippen molar-refractivity contribution in [2.24, 2.45) is 0 Å². The van der Waals surface area contributed by atoms with Crippen LogP contribution < -0.4 is 21.3 Å². The van der Waals surface area contributed by atoms with Crippen molar-refractivity contribution in [2.75, 3.05) is 4.90 Å². The molecule has 1 aliphatic carbocycles. The lowest BCUT2D eigenvalue weighted by Crippen LogP contribution is -2.64. The van der Waals surface area contributed by atoms with Gasteiger partial charge in [-0.15, -0.1) is 0 Å². The van der Waals surface area contributed by atoms with Gasteiger partial charge < -0.3 is 9.47 Å². The molecule has 0 bridgehead atoms. The van der Waals surface area contributed by atoms with Gasteiger partial charge in [-0.05, 0) is 88.9 Å². The van der Waals surface area contributed by atoms with Gasteiger partial charge in [0, 0.05) is 33.4 Å². The number of anilines is 2.